The first-order chi connectivity index (χ1) is 4.37. The zero-order valence-electron chi connectivity index (χ0n) is 7.37. The minimum atomic E-state index is -2.92. The molecule has 0 heterocycles. The molecule has 0 saturated carbocycles. The van der Waals surface area contributed by atoms with E-state index in [4.69, 9.17) is 15.1 Å². The Morgan fingerprint density at radius 2 is 0.923 bits per heavy atom. The van der Waals surface area contributed by atoms with Crippen LogP contribution in [0.4, 0.5) is 0 Å². The molecule has 0 atom stereocenters. The molecular weight excluding hydrogens is 295 g/mol. The van der Waals surface area contributed by atoms with Gasteiger partial charge in [0, 0.05) is 31.9 Å². The van der Waals surface area contributed by atoms with Crippen LogP contribution in [0.15, 0.2) is 0 Å². The van der Waals surface area contributed by atoms with Crippen molar-refractivity contribution in [3.63, 3.8) is 0 Å². The second-order valence-corrected chi connectivity index (χ2v) is 2.28. The van der Waals surface area contributed by atoms with E-state index in [1.807, 2.05) is 0 Å². The van der Waals surface area contributed by atoms with Gasteiger partial charge >= 0.3 is 56.6 Å². The molecule has 0 aliphatic heterocycles. The number of carbonyl (C=O) groups is 2. The summed E-state index contributed by atoms with van der Waals surface area (Å²) in [5.74, 6) is 0. The van der Waals surface area contributed by atoms with Crippen LogP contribution in [0.1, 0.15) is 0 Å². The van der Waals surface area contributed by atoms with E-state index >= 15 is 0 Å². The average Bonchev–Trinajstić information content (AvgIpc) is 1.63. The van der Waals surface area contributed by atoms with Crippen LogP contribution in [0.2, 0.25) is 0 Å². The summed E-state index contributed by atoms with van der Waals surface area (Å²) in [4.78, 5) is 19.3. The normalized spacial score (nSPS) is 5.62. The molecule has 0 saturated heterocycles. The summed E-state index contributed by atoms with van der Waals surface area (Å²) < 4.78 is -1.30. The Hall–Kier alpha value is 2.04. The van der Waals surface area contributed by atoms with E-state index in [-0.39, 0.29) is 56.6 Å². The molecule has 0 aliphatic carbocycles. The van der Waals surface area contributed by atoms with Crippen molar-refractivity contribution in [1.29, 1.82) is 0 Å². The Balaban J connectivity index is -0.0000000279. The molecule has 0 rings (SSSR count). The Morgan fingerprint density at radius 3 is 0.923 bits per heavy atom. The van der Waals surface area contributed by atoms with Crippen molar-refractivity contribution in [3.05, 3.63) is 0 Å². The van der Waals surface area contributed by atoms with Crippen molar-refractivity contribution in [3.8, 4) is 0 Å². The van der Waals surface area contributed by atoms with Crippen molar-refractivity contribution in [2.75, 3.05) is 0 Å². The number of hydrogen-bond donors (Lipinski definition) is 0. The van der Waals surface area contributed by atoms with E-state index in [2.05, 4.69) is 31.9 Å². The molecular formula is C2BBr2Li3O5. The minimum Gasteiger partial charge on any atom is -0.907 e. The number of hydrogen-bond acceptors (Lipinski definition) is 5. The first-order valence-corrected chi connectivity index (χ1v) is 3.33. The molecule has 5 nitrogen and oxygen atoms in total. The first-order valence-electron chi connectivity index (χ1n) is 1.74. The van der Waals surface area contributed by atoms with E-state index in [0.29, 0.717) is 0 Å². The zero-order valence-corrected chi connectivity index (χ0v) is 10.5. The molecule has 0 radical (unpaired) electrons. The summed E-state index contributed by atoms with van der Waals surface area (Å²) >= 11 is 4.81. The van der Waals surface area contributed by atoms with Crippen LogP contribution < -0.4 is 71.7 Å². The molecule has 0 bridgehead atoms. The maximum atomic E-state index is 9.66. The molecule has 58 valence electrons. The fourth-order valence-corrected chi connectivity index (χ4v) is 0. The van der Waals surface area contributed by atoms with Crippen LogP contribution in [0.5, 0.6) is 0 Å². The van der Waals surface area contributed by atoms with Gasteiger partial charge in [-0.05, 0) is 0 Å². The third kappa shape index (κ3) is 55.8. The van der Waals surface area contributed by atoms with Crippen LogP contribution in [-0.4, -0.2) is 16.7 Å². The number of carbonyl (C=O) groups excluding carboxylic acids is 2. The third-order valence-corrected chi connectivity index (χ3v) is 1.41. The zero-order chi connectivity index (χ0) is 8.73. The predicted molar refractivity (Wildman–Crippen MR) is 33.6 cm³/mol. The van der Waals surface area contributed by atoms with Crippen molar-refractivity contribution >= 4 is 48.6 Å². The van der Waals surface area contributed by atoms with Crippen molar-refractivity contribution in [2.24, 2.45) is 0 Å². The van der Waals surface area contributed by atoms with Crippen molar-refractivity contribution < 1.29 is 81.2 Å². The van der Waals surface area contributed by atoms with Crippen molar-refractivity contribution in [1.82, 2.24) is 0 Å². The molecule has 13 heavy (non-hydrogen) atoms. The quantitative estimate of drug-likeness (QED) is 0.271. The molecule has 0 spiro atoms. The van der Waals surface area contributed by atoms with Crippen LogP contribution >= 0.6 is 31.9 Å². The molecule has 11 heteroatoms. The monoisotopic (exact) mass is 294 g/mol. The maximum Gasteiger partial charge on any atom is 1.00 e. The van der Waals surface area contributed by atoms with Gasteiger partial charge in [0.25, 0.3) is 9.39 Å². The van der Waals surface area contributed by atoms with Gasteiger partial charge in [0.1, 0.15) is 0 Å². The fourth-order valence-electron chi connectivity index (χ4n) is 0. The Labute approximate surface area is 128 Å². The van der Waals surface area contributed by atoms with Gasteiger partial charge in [-0.3, -0.25) is 16.9 Å². The summed E-state index contributed by atoms with van der Waals surface area (Å²) in [5.41, 5.74) is 0. The second kappa shape index (κ2) is 19.6. The van der Waals surface area contributed by atoms with E-state index in [1.165, 1.54) is 0 Å². The molecule has 0 aromatic carbocycles. The standard InChI is InChI=1S/C2Br2O2.BO3.3Li/c3-1(5)2(4)6;2-1(3)4;;;/q;-3;3*+1. The summed E-state index contributed by atoms with van der Waals surface area (Å²) in [6.45, 7) is 0. The van der Waals surface area contributed by atoms with E-state index in [1.54, 1.807) is 0 Å². The molecule has 0 N–H and O–H groups in total. The Morgan fingerprint density at radius 1 is 0.846 bits per heavy atom. The van der Waals surface area contributed by atoms with Gasteiger partial charge in [0.15, 0.2) is 0 Å². The molecule has 0 amide bonds. The number of rotatable bonds is 1. The van der Waals surface area contributed by atoms with Gasteiger partial charge < -0.3 is 15.1 Å². The van der Waals surface area contributed by atoms with Crippen LogP contribution in [0.25, 0.3) is 0 Å². The summed E-state index contributed by atoms with van der Waals surface area (Å²) in [6.07, 6.45) is 0. The SMILES string of the molecule is O=C(Br)C(=O)Br.[Li+].[Li+].[Li+].[O-]B([O-])[O-]. The Kier molecular flexibility index (Phi) is 44.3. The van der Waals surface area contributed by atoms with E-state index < -0.39 is 16.7 Å². The average molecular weight is 295 g/mol. The molecule has 0 unspecified atom stereocenters. The van der Waals surface area contributed by atoms with Gasteiger partial charge in [-0.2, -0.15) is 0 Å². The van der Waals surface area contributed by atoms with Gasteiger partial charge in [-0.1, -0.05) is 0 Å². The minimum absolute atomic E-state index is 0. The van der Waals surface area contributed by atoms with Gasteiger partial charge in [0.05, 0.1) is 0 Å². The fraction of sp³-hybridized carbons (Fsp3) is 0. The van der Waals surface area contributed by atoms with E-state index in [9.17, 15) is 9.59 Å². The van der Waals surface area contributed by atoms with Gasteiger partial charge in [-0.25, -0.2) is 0 Å². The molecule has 0 aromatic heterocycles. The molecule has 0 aromatic rings. The smallest absolute Gasteiger partial charge is 0.907 e. The van der Waals surface area contributed by atoms with Crippen LogP contribution in [0, 0.1) is 0 Å². The first kappa shape index (κ1) is 29.4. The van der Waals surface area contributed by atoms with Gasteiger partial charge in [0.2, 0.25) is 0 Å². The van der Waals surface area contributed by atoms with E-state index in [0.717, 1.165) is 0 Å². The predicted octanol–water partition coefficient (Wildman–Crippen LogP) is -12.1. The largest absolute Gasteiger partial charge is 1.00 e. The second-order valence-electron chi connectivity index (χ2n) is 0.836. The van der Waals surface area contributed by atoms with Crippen molar-refractivity contribution in [2.45, 2.75) is 0 Å². The Bertz CT molecular complexity index is 120. The molecule has 0 fully saturated rings. The third-order valence-electron chi connectivity index (χ3n) is 0.155. The molecule has 0 aliphatic rings. The number of halogens is 2. The topological polar surface area (TPSA) is 103 Å². The maximum absolute atomic E-state index is 9.66. The summed E-state index contributed by atoms with van der Waals surface area (Å²) in [6, 6.07) is 0. The van der Waals surface area contributed by atoms with Gasteiger partial charge in [-0.15, -0.1) is 0 Å². The van der Waals surface area contributed by atoms with Crippen LogP contribution in [0.3, 0.4) is 0 Å². The summed E-state index contributed by atoms with van der Waals surface area (Å²) in [7, 11) is -2.92. The summed E-state index contributed by atoms with van der Waals surface area (Å²) in [5, 5.41) is 25.2. The van der Waals surface area contributed by atoms with Crippen LogP contribution in [-0.2, 0) is 9.59 Å².